The molecule has 1 fully saturated rings. The van der Waals surface area contributed by atoms with Gasteiger partial charge in [-0.25, -0.2) is 0 Å². The van der Waals surface area contributed by atoms with Crippen molar-refractivity contribution in [2.24, 2.45) is 0 Å². The third kappa shape index (κ3) is 6.13. The molecule has 4 nitrogen and oxygen atoms in total. The molecule has 0 atom stereocenters. The van der Waals surface area contributed by atoms with E-state index < -0.39 is 0 Å². The molecule has 126 valence electrons. The molecular weight excluding hydrogens is 300 g/mol. The maximum atomic E-state index is 5.50. The molecular formula is C17H29ClN2O2. The highest BCUT2D eigenvalue weighted by molar-refractivity contribution is 5.85. The molecule has 0 saturated carbocycles. The van der Waals surface area contributed by atoms with E-state index in [-0.39, 0.29) is 12.4 Å². The van der Waals surface area contributed by atoms with E-state index in [1.807, 2.05) is 0 Å². The lowest BCUT2D eigenvalue weighted by molar-refractivity contribution is 0.0374. The summed E-state index contributed by atoms with van der Waals surface area (Å²) in [5.74, 6) is 1.01. The number of methoxy groups -OCH3 is 1. The zero-order valence-corrected chi connectivity index (χ0v) is 14.8. The van der Waals surface area contributed by atoms with Crippen LogP contribution in [-0.2, 0) is 17.7 Å². The fourth-order valence-electron chi connectivity index (χ4n) is 2.81. The number of nitrogens with zero attached hydrogens (tertiary/aromatic N) is 2. The highest BCUT2D eigenvalue weighted by Crippen LogP contribution is 2.22. The quantitative estimate of drug-likeness (QED) is 0.767. The van der Waals surface area contributed by atoms with Gasteiger partial charge >= 0.3 is 0 Å². The molecule has 0 spiro atoms. The summed E-state index contributed by atoms with van der Waals surface area (Å²) in [6.45, 7) is 6.00. The van der Waals surface area contributed by atoms with Crippen LogP contribution in [0.4, 0.5) is 0 Å². The molecule has 1 saturated heterocycles. The van der Waals surface area contributed by atoms with Gasteiger partial charge in [0.1, 0.15) is 5.75 Å². The van der Waals surface area contributed by atoms with E-state index in [9.17, 15) is 0 Å². The van der Waals surface area contributed by atoms with Gasteiger partial charge in [0.15, 0.2) is 0 Å². The van der Waals surface area contributed by atoms with Gasteiger partial charge < -0.3 is 14.4 Å². The Hall–Kier alpha value is -0.810. The molecule has 0 bridgehead atoms. The summed E-state index contributed by atoms with van der Waals surface area (Å²) in [5.41, 5.74) is 2.67. The van der Waals surface area contributed by atoms with Gasteiger partial charge in [0.25, 0.3) is 0 Å². The lowest BCUT2D eigenvalue weighted by atomic mass is 10.0. The van der Waals surface area contributed by atoms with Gasteiger partial charge in [0, 0.05) is 19.6 Å². The third-order valence-corrected chi connectivity index (χ3v) is 3.87. The van der Waals surface area contributed by atoms with Crippen molar-refractivity contribution in [1.82, 2.24) is 9.80 Å². The van der Waals surface area contributed by atoms with Crippen molar-refractivity contribution in [3.8, 4) is 5.75 Å². The summed E-state index contributed by atoms with van der Waals surface area (Å²) in [6.07, 6.45) is 2.24. The van der Waals surface area contributed by atoms with Gasteiger partial charge in [0.05, 0.1) is 20.3 Å². The topological polar surface area (TPSA) is 24.9 Å². The molecule has 0 radical (unpaired) electrons. The number of morpholine rings is 1. The molecule has 1 aromatic rings. The Labute approximate surface area is 140 Å². The summed E-state index contributed by atoms with van der Waals surface area (Å²) in [7, 11) is 5.96. The zero-order valence-electron chi connectivity index (χ0n) is 14.0. The standard InChI is InChI=1S/C17H28N2O2.ClH/c1-18(2)14-15-6-7-17(20-3)16(13-15)5-4-8-19-9-11-21-12-10-19;/h6-7,13H,4-5,8-12,14H2,1-3H3;1H. The number of benzene rings is 1. The Balaban J connectivity index is 0.00000242. The Morgan fingerprint density at radius 1 is 1.23 bits per heavy atom. The molecule has 2 rings (SSSR count). The maximum Gasteiger partial charge on any atom is 0.122 e. The minimum atomic E-state index is 0. The van der Waals surface area contributed by atoms with Crippen LogP contribution in [0.3, 0.4) is 0 Å². The molecule has 1 heterocycles. The molecule has 0 unspecified atom stereocenters. The molecule has 0 aliphatic carbocycles. The number of aryl methyl sites for hydroxylation is 1. The Bertz CT molecular complexity index is 435. The van der Waals surface area contributed by atoms with Crippen molar-refractivity contribution in [2.75, 3.05) is 54.1 Å². The largest absolute Gasteiger partial charge is 0.496 e. The summed E-state index contributed by atoms with van der Waals surface area (Å²) in [4.78, 5) is 4.68. The summed E-state index contributed by atoms with van der Waals surface area (Å²) < 4.78 is 10.9. The maximum absolute atomic E-state index is 5.50. The predicted octanol–water partition coefficient (Wildman–Crippen LogP) is 2.44. The number of halogens is 1. The predicted molar refractivity (Wildman–Crippen MR) is 93.2 cm³/mol. The van der Waals surface area contributed by atoms with Crippen LogP contribution in [0.5, 0.6) is 5.75 Å². The Morgan fingerprint density at radius 2 is 1.95 bits per heavy atom. The minimum Gasteiger partial charge on any atom is -0.496 e. The number of rotatable bonds is 7. The molecule has 0 amide bonds. The SMILES string of the molecule is COc1ccc(CN(C)C)cc1CCCN1CCOCC1.Cl. The van der Waals surface area contributed by atoms with E-state index in [1.54, 1.807) is 7.11 Å². The van der Waals surface area contributed by atoms with Gasteiger partial charge in [-0.2, -0.15) is 0 Å². The second-order valence-corrected chi connectivity index (χ2v) is 5.94. The highest BCUT2D eigenvalue weighted by Gasteiger charge is 2.11. The summed E-state index contributed by atoms with van der Waals surface area (Å²) in [5, 5.41) is 0. The van der Waals surface area contributed by atoms with Crippen LogP contribution in [0.2, 0.25) is 0 Å². The van der Waals surface area contributed by atoms with Gasteiger partial charge in [-0.3, -0.25) is 4.90 Å². The third-order valence-electron chi connectivity index (χ3n) is 3.87. The fraction of sp³-hybridized carbons (Fsp3) is 0.647. The molecule has 0 aromatic heterocycles. The van der Waals surface area contributed by atoms with Crippen molar-refractivity contribution in [1.29, 1.82) is 0 Å². The van der Waals surface area contributed by atoms with Gasteiger partial charge in [-0.1, -0.05) is 12.1 Å². The van der Waals surface area contributed by atoms with Gasteiger partial charge in [0.2, 0.25) is 0 Å². The minimum absolute atomic E-state index is 0. The van der Waals surface area contributed by atoms with Crippen molar-refractivity contribution in [2.45, 2.75) is 19.4 Å². The molecule has 22 heavy (non-hydrogen) atoms. The number of ether oxygens (including phenoxy) is 2. The smallest absolute Gasteiger partial charge is 0.122 e. The van der Waals surface area contributed by atoms with Crippen LogP contribution in [-0.4, -0.2) is 63.9 Å². The van der Waals surface area contributed by atoms with E-state index in [4.69, 9.17) is 9.47 Å². The van der Waals surface area contributed by atoms with E-state index in [2.05, 4.69) is 42.1 Å². The van der Waals surface area contributed by atoms with Crippen LogP contribution in [0.25, 0.3) is 0 Å². The summed E-state index contributed by atoms with van der Waals surface area (Å²) >= 11 is 0. The van der Waals surface area contributed by atoms with E-state index in [0.717, 1.165) is 51.6 Å². The first kappa shape index (κ1) is 19.2. The fourth-order valence-corrected chi connectivity index (χ4v) is 2.81. The normalized spacial score (nSPS) is 15.6. The molecule has 1 aliphatic rings. The zero-order chi connectivity index (χ0) is 15.1. The first-order chi connectivity index (χ1) is 10.2. The molecule has 0 N–H and O–H groups in total. The van der Waals surface area contributed by atoms with Crippen LogP contribution in [0.15, 0.2) is 18.2 Å². The molecule has 5 heteroatoms. The number of hydrogen-bond donors (Lipinski definition) is 0. The van der Waals surface area contributed by atoms with E-state index >= 15 is 0 Å². The second kappa shape index (κ2) is 10.1. The average molecular weight is 329 g/mol. The van der Waals surface area contributed by atoms with Crippen molar-refractivity contribution >= 4 is 12.4 Å². The summed E-state index contributed by atoms with van der Waals surface area (Å²) in [6, 6.07) is 6.55. The van der Waals surface area contributed by atoms with Crippen LogP contribution in [0.1, 0.15) is 17.5 Å². The van der Waals surface area contributed by atoms with E-state index in [0.29, 0.717) is 0 Å². The van der Waals surface area contributed by atoms with Gasteiger partial charge in [-0.15, -0.1) is 12.4 Å². The van der Waals surface area contributed by atoms with Crippen LogP contribution in [0, 0.1) is 0 Å². The second-order valence-electron chi connectivity index (χ2n) is 5.94. The van der Waals surface area contributed by atoms with Crippen LogP contribution >= 0.6 is 12.4 Å². The molecule has 1 aromatic carbocycles. The first-order valence-electron chi connectivity index (χ1n) is 7.79. The van der Waals surface area contributed by atoms with Crippen molar-refractivity contribution in [3.63, 3.8) is 0 Å². The van der Waals surface area contributed by atoms with Gasteiger partial charge in [-0.05, 0) is 50.7 Å². The Morgan fingerprint density at radius 3 is 2.59 bits per heavy atom. The molecule has 1 aliphatic heterocycles. The Kier molecular flexibility index (Phi) is 8.79. The highest BCUT2D eigenvalue weighted by atomic mass is 35.5. The monoisotopic (exact) mass is 328 g/mol. The van der Waals surface area contributed by atoms with Crippen molar-refractivity contribution in [3.05, 3.63) is 29.3 Å². The lowest BCUT2D eigenvalue weighted by Gasteiger charge is -2.26. The van der Waals surface area contributed by atoms with Crippen molar-refractivity contribution < 1.29 is 9.47 Å². The van der Waals surface area contributed by atoms with Crippen LogP contribution < -0.4 is 4.74 Å². The lowest BCUT2D eigenvalue weighted by Crippen LogP contribution is -2.36. The first-order valence-corrected chi connectivity index (χ1v) is 7.79. The van der Waals surface area contributed by atoms with E-state index in [1.165, 1.54) is 17.5 Å². The number of hydrogen-bond acceptors (Lipinski definition) is 4. The average Bonchev–Trinajstić information content (AvgIpc) is 2.48.